The van der Waals surface area contributed by atoms with Crippen molar-refractivity contribution in [1.82, 2.24) is 10.2 Å². The Balaban J connectivity index is 1.66. The van der Waals surface area contributed by atoms with Gasteiger partial charge >= 0.3 is 5.97 Å². The number of amides is 1. The van der Waals surface area contributed by atoms with Crippen LogP contribution >= 0.6 is 0 Å². The lowest BCUT2D eigenvalue weighted by atomic mass is 10.1. The Bertz CT molecular complexity index is 1130. The number of benzene rings is 2. The van der Waals surface area contributed by atoms with Gasteiger partial charge < -0.3 is 19.5 Å². The summed E-state index contributed by atoms with van der Waals surface area (Å²) < 4.78 is 16.1. The number of ether oxygens (including phenoxy) is 3. The summed E-state index contributed by atoms with van der Waals surface area (Å²) in [7, 11) is 0. The van der Waals surface area contributed by atoms with Crippen molar-refractivity contribution in [2.75, 3.05) is 25.1 Å². The molecule has 0 bridgehead atoms. The Kier molecular flexibility index (Phi) is 6.63. The quantitative estimate of drug-likeness (QED) is 0.547. The van der Waals surface area contributed by atoms with Crippen LogP contribution in [0.2, 0.25) is 0 Å². The molecule has 0 radical (unpaired) electrons. The fourth-order valence-corrected chi connectivity index (χ4v) is 2.80. The van der Waals surface area contributed by atoms with E-state index in [-0.39, 0.29) is 5.69 Å². The number of aromatic nitrogens is 2. The molecule has 0 saturated heterocycles. The Morgan fingerprint density at radius 1 is 1.00 bits per heavy atom. The highest BCUT2D eigenvalue weighted by atomic mass is 16.5. The highest BCUT2D eigenvalue weighted by molar-refractivity contribution is 6.03. The zero-order chi connectivity index (χ0) is 21.5. The van der Waals surface area contributed by atoms with E-state index in [1.165, 1.54) is 0 Å². The van der Waals surface area contributed by atoms with Gasteiger partial charge in [0.15, 0.2) is 23.8 Å². The second-order valence-electron chi connectivity index (χ2n) is 6.10. The molecule has 0 aliphatic heterocycles. The van der Waals surface area contributed by atoms with Gasteiger partial charge in [-0.25, -0.2) is 9.89 Å². The van der Waals surface area contributed by atoms with E-state index in [1.54, 1.807) is 42.5 Å². The summed E-state index contributed by atoms with van der Waals surface area (Å²) in [6.07, 6.45) is 0. The normalized spacial score (nSPS) is 10.5. The van der Waals surface area contributed by atoms with Crippen LogP contribution in [0.1, 0.15) is 24.3 Å². The van der Waals surface area contributed by atoms with Crippen molar-refractivity contribution < 1.29 is 23.8 Å². The molecule has 0 atom stereocenters. The van der Waals surface area contributed by atoms with Crippen LogP contribution in [0.3, 0.4) is 0 Å². The van der Waals surface area contributed by atoms with E-state index < -0.39 is 24.0 Å². The first kappa shape index (κ1) is 20.8. The van der Waals surface area contributed by atoms with E-state index in [0.29, 0.717) is 41.2 Å². The second kappa shape index (κ2) is 9.55. The first-order chi connectivity index (χ1) is 14.5. The van der Waals surface area contributed by atoms with E-state index in [4.69, 9.17) is 14.2 Å². The SMILES string of the molecule is CCOc1ccc(NC(=O)COC(=O)c2n[nH]c(=O)c3ccccc23)cc1OCC. The number of H-pyrrole nitrogens is 1. The molecule has 1 amide bonds. The molecule has 0 unspecified atom stereocenters. The molecular weight excluding hydrogens is 390 g/mol. The molecule has 3 aromatic rings. The number of rotatable bonds is 8. The van der Waals surface area contributed by atoms with Crippen LogP contribution in [-0.4, -0.2) is 41.9 Å². The molecule has 30 heavy (non-hydrogen) atoms. The zero-order valence-corrected chi connectivity index (χ0v) is 16.6. The first-order valence-electron chi connectivity index (χ1n) is 9.37. The van der Waals surface area contributed by atoms with Crippen LogP contribution < -0.4 is 20.3 Å². The molecule has 3 rings (SSSR count). The largest absolute Gasteiger partial charge is 0.490 e. The van der Waals surface area contributed by atoms with Crippen LogP contribution in [-0.2, 0) is 9.53 Å². The van der Waals surface area contributed by atoms with Crippen molar-refractivity contribution >= 4 is 28.3 Å². The maximum absolute atomic E-state index is 12.4. The van der Waals surface area contributed by atoms with Crippen molar-refractivity contribution in [1.29, 1.82) is 0 Å². The van der Waals surface area contributed by atoms with Crippen LogP contribution in [0.25, 0.3) is 10.8 Å². The van der Waals surface area contributed by atoms with Gasteiger partial charge in [0.2, 0.25) is 0 Å². The van der Waals surface area contributed by atoms with E-state index in [0.717, 1.165) is 0 Å². The number of anilines is 1. The second-order valence-corrected chi connectivity index (χ2v) is 6.10. The summed E-state index contributed by atoms with van der Waals surface area (Å²) in [5.41, 5.74) is -0.0197. The van der Waals surface area contributed by atoms with Crippen molar-refractivity contribution in [2.45, 2.75) is 13.8 Å². The van der Waals surface area contributed by atoms with E-state index in [9.17, 15) is 14.4 Å². The van der Waals surface area contributed by atoms with Gasteiger partial charge in [-0.3, -0.25) is 9.59 Å². The molecule has 0 fully saturated rings. The van der Waals surface area contributed by atoms with Gasteiger partial charge in [-0.15, -0.1) is 0 Å². The average Bonchev–Trinajstić information content (AvgIpc) is 2.75. The number of nitrogens with one attached hydrogen (secondary N) is 2. The van der Waals surface area contributed by atoms with Gasteiger partial charge in [0.05, 0.1) is 18.6 Å². The van der Waals surface area contributed by atoms with Crippen LogP contribution in [0.5, 0.6) is 11.5 Å². The molecule has 1 aromatic heterocycles. The third-order valence-electron chi connectivity index (χ3n) is 4.05. The molecule has 2 N–H and O–H groups in total. The van der Waals surface area contributed by atoms with Crippen molar-refractivity contribution in [3.63, 3.8) is 0 Å². The summed E-state index contributed by atoms with van der Waals surface area (Å²) in [5, 5.41) is 9.29. The predicted molar refractivity (Wildman–Crippen MR) is 110 cm³/mol. The molecule has 1 heterocycles. The number of nitrogens with zero attached hydrogens (tertiary/aromatic N) is 1. The third-order valence-corrected chi connectivity index (χ3v) is 4.05. The number of carbonyl (C=O) groups excluding carboxylic acids is 2. The van der Waals surface area contributed by atoms with Crippen molar-refractivity contribution in [2.24, 2.45) is 0 Å². The van der Waals surface area contributed by atoms with Gasteiger partial charge in [-0.2, -0.15) is 5.10 Å². The highest BCUT2D eigenvalue weighted by Crippen LogP contribution is 2.30. The van der Waals surface area contributed by atoms with E-state index in [1.807, 2.05) is 13.8 Å². The Hall–Kier alpha value is -3.88. The minimum Gasteiger partial charge on any atom is -0.490 e. The van der Waals surface area contributed by atoms with Gasteiger partial charge in [0.1, 0.15) is 0 Å². The highest BCUT2D eigenvalue weighted by Gasteiger charge is 2.17. The average molecular weight is 411 g/mol. The topological polar surface area (TPSA) is 120 Å². The minimum atomic E-state index is -0.820. The standard InChI is InChI=1S/C21H21N3O6/c1-3-28-16-10-9-13(11-17(16)29-4-2)22-18(25)12-30-21(27)19-14-7-5-6-8-15(14)20(26)24-23-19/h5-11H,3-4,12H2,1-2H3,(H,22,25)(H,24,26). The van der Waals surface area contributed by atoms with Crippen molar-refractivity contribution in [3.8, 4) is 11.5 Å². The summed E-state index contributed by atoms with van der Waals surface area (Å²) in [6, 6.07) is 11.5. The molecule has 0 aliphatic rings. The van der Waals surface area contributed by atoms with Gasteiger partial charge in [-0.05, 0) is 32.0 Å². The van der Waals surface area contributed by atoms with Gasteiger partial charge in [0.25, 0.3) is 11.5 Å². The lowest BCUT2D eigenvalue weighted by Crippen LogP contribution is -2.22. The number of hydrogen-bond donors (Lipinski definition) is 2. The molecule has 2 aromatic carbocycles. The van der Waals surface area contributed by atoms with Crippen molar-refractivity contribution in [3.05, 3.63) is 58.5 Å². The number of esters is 1. The molecule has 9 heteroatoms. The molecule has 156 valence electrons. The molecule has 0 aliphatic carbocycles. The third kappa shape index (κ3) is 4.75. The Labute approximate surface area is 172 Å². The van der Waals surface area contributed by atoms with Gasteiger partial charge in [-0.1, -0.05) is 18.2 Å². The summed E-state index contributed by atoms with van der Waals surface area (Å²) >= 11 is 0. The van der Waals surface area contributed by atoms with Crippen LogP contribution in [0.15, 0.2) is 47.3 Å². The van der Waals surface area contributed by atoms with Gasteiger partial charge in [0, 0.05) is 17.1 Å². The maximum atomic E-state index is 12.4. The fraction of sp³-hybridized carbons (Fsp3) is 0.238. The van der Waals surface area contributed by atoms with Crippen LogP contribution in [0, 0.1) is 0 Å². The number of fused-ring (bicyclic) bond motifs is 1. The van der Waals surface area contributed by atoms with E-state index in [2.05, 4.69) is 15.5 Å². The lowest BCUT2D eigenvalue weighted by Gasteiger charge is -2.13. The Morgan fingerprint density at radius 2 is 1.70 bits per heavy atom. The summed E-state index contributed by atoms with van der Waals surface area (Å²) in [4.78, 5) is 36.4. The predicted octanol–water partition coefficient (Wildman–Crippen LogP) is 2.52. The maximum Gasteiger partial charge on any atom is 0.359 e. The van der Waals surface area contributed by atoms with Crippen LogP contribution in [0.4, 0.5) is 5.69 Å². The summed E-state index contributed by atoms with van der Waals surface area (Å²) in [6.45, 7) is 4.10. The molecule has 0 spiro atoms. The number of carbonyl (C=O) groups is 2. The molecular formula is C21H21N3O6. The smallest absolute Gasteiger partial charge is 0.359 e. The van der Waals surface area contributed by atoms with E-state index >= 15 is 0 Å². The minimum absolute atomic E-state index is 0.0716. The number of hydrogen-bond acceptors (Lipinski definition) is 7. The first-order valence-corrected chi connectivity index (χ1v) is 9.37. The summed E-state index contributed by atoms with van der Waals surface area (Å²) in [5.74, 6) is -0.291. The lowest BCUT2D eigenvalue weighted by molar-refractivity contribution is -0.119. The molecule has 0 saturated carbocycles. The molecule has 9 nitrogen and oxygen atoms in total. The number of aromatic amines is 1. The monoisotopic (exact) mass is 411 g/mol. The Morgan fingerprint density at radius 3 is 2.43 bits per heavy atom. The fourth-order valence-electron chi connectivity index (χ4n) is 2.80. The zero-order valence-electron chi connectivity index (χ0n) is 16.6.